The molecule has 1 heterocycles. The molecule has 4 rings (SSSR count). The van der Waals surface area contributed by atoms with Crippen molar-refractivity contribution in [2.75, 3.05) is 6.61 Å². The molecular weight excluding hydrogens is 624 g/mol. The number of rotatable bonds is 5. The monoisotopic (exact) mass is 641 g/mol. The number of fused-ring (bicyclic) bond motifs is 1. The van der Waals surface area contributed by atoms with E-state index in [0.29, 0.717) is 11.5 Å². The maximum atomic E-state index is 13.0. The van der Waals surface area contributed by atoms with E-state index in [4.69, 9.17) is 4.74 Å². The van der Waals surface area contributed by atoms with Gasteiger partial charge in [-0.2, -0.15) is 0 Å². The first-order chi connectivity index (χ1) is 14.5. The molecule has 1 saturated heterocycles. The van der Waals surface area contributed by atoms with Crippen molar-refractivity contribution < 1.29 is 14.3 Å². The van der Waals surface area contributed by atoms with Crippen LogP contribution in [0.1, 0.15) is 18.1 Å². The van der Waals surface area contributed by atoms with Gasteiger partial charge in [-0.1, -0.05) is 42.5 Å². The van der Waals surface area contributed by atoms with Crippen LogP contribution in [0.3, 0.4) is 0 Å². The number of halogens is 2. The highest BCUT2D eigenvalue weighted by Crippen LogP contribution is 2.36. The van der Waals surface area contributed by atoms with Crippen LogP contribution in [0.4, 0.5) is 4.79 Å². The summed E-state index contributed by atoms with van der Waals surface area (Å²) in [6.45, 7) is 2.81. The lowest BCUT2D eigenvalue weighted by atomic mass is 10.0. The van der Waals surface area contributed by atoms with Crippen LogP contribution < -0.4 is 4.74 Å². The minimum atomic E-state index is -0.253. The topological polar surface area (TPSA) is 46.6 Å². The van der Waals surface area contributed by atoms with E-state index in [9.17, 15) is 9.59 Å². The highest BCUT2D eigenvalue weighted by molar-refractivity contribution is 14.1. The van der Waals surface area contributed by atoms with E-state index in [1.165, 1.54) is 4.90 Å². The van der Waals surface area contributed by atoms with E-state index >= 15 is 0 Å². The van der Waals surface area contributed by atoms with Crippen LogP contribution in [-0.2, 0) is 11.3 Å². The summed E-state index contributed by atoms with van der Waals surface area (Å²) in [6.07, 6.45) is 1.79. The van der Waals surface area contributed by atoms with Crippen molar-refractivity contribution in [1.82, 2.24) is 4.90 Å². The summed E-state index contributed by atoms with van der Waals surface area (Å²) in [4.78, 5) is 27.4. The summed E-state index contributed by atoms with van der Waals surface area (Å²) in [5.74, 6) is 0.594. The Bertz CT molecular complexity index is 1160. The Labute approximate surface area is 206 Å². The number of thioether (sulfide) groups is 1. The lowest BCUT2D eigenvalue weighted by molar-refractivity contribution is -0.123. The predicted molar refractivity (Wildman–Crippen MR) is 139 cm³/mol. The first-order valence-corrected chi connectivity index (χ1v) is 12.3. The third-order valence-corrected chi connectivity index (χ3v) is 7.20. The van der Waals surface area contributed by atoms with Gasteiger partial charge in [0.05, 0.1) is 25.2 Å². The Morgan fingerprint density at radius 2 is 1.73 bits per heavy atom. The molecule has 1 aliphatic heterocycles. The quantitative estimate of drug-likeness (QED) is 0.231. The van der Waals surface area contributed by atoms with Gasteiger partial charge in [0.25, 0.3) is 11.1 Å². The van der Waals surface area contributed by atoms with Gasteiger partial charge in [0.15, 0.2) is 0 Å². The fourth-order valence-electron chi connectivity index (χ4n) is 3.33. The molecule has 0 aromatic heterocycles. The van der Waals surface area contributed by atoms with Crippen LogP contribution in [0.25, 0.3) is 16.8 Å². The Hall–Kier alpha value is -1.59. The first kappa shape index (κ1) is 21.6. The van der Waals surface area contributed by atoms with Gasteiger partial charge in [0, 0.05) is 0 Å². The second kappa shape index (κ2) is 9.27. The van der Waals surface area contributed by atoms with E-state index < -0.39 is 0 Å². The van der Waals surface area contributed by atoms with Crippen molar-refractivity contribution in [3.63, 3.8) is 0 Å². The van der Waals surface area contributed by atoms with Crippen molar-refractivity contribution in [2.24, 2.45) is 0 Å². The van der Waals surface area contributed by atoms with E-state index in [2.05, 4.69) is 45.2 Å². The maximum absolute atomic E-state index is 13.0. The van der Waals surface area contributed by atoms with Crippen molar-refractivity contribution in [3.8, 4) is 5.75 Å². The van der Waals surface area contributed by atoms with Crippen molar-refractivity contribution in [1.29, 1.82) is 0 Å². The van der Waals surface area contributed by atoms with Crippen molar-refractivity contribution >= 4 is 84.9 Å². The molecule has 0 saturated carbocycles. The largest absolute Gasteiger partial charge is 0.492 e. The molecule has 0 aliphatic carbocycles. The highest BCUT2D eigenvalue weighted by Gasteiger charge is 2.35. The predicted octanol–water partition coefficient (Wildman–Crippen LogP) is 6.68. The Balaban J connectivity index is 1.61. The van der Waals surface area contributed by atoms with Crippen LogP contribution in [0.2, 0.25) is 0 Å². The standard InChI is InChI=1S/C23H17I2NO3S/c1-2-29-21-18(24)10-14(11-19(21)25)12-20-22(27)26(23(28)30-20)13-16-8-5-7-15-6-3-4-9-17(15)16/h3-12H,2,13H2,1H3/b20-12-. The number of hydrogen-bond acceptors (Lipinski definition) is 4. The van der Waals surface area contributed by atoms with Gasteiger partial charge < -0.3 is 4.74 Å². The number of imide groups is 1. The molecule has 3 aromatic carbocycles. The molecule has 0 spiro atoms. The maximum Gasteiger partial charge on any atom is 0.293 e. The second-order valence-corrected chi connectivity index (χ2v) is 9.97. The molecule has 1 aliphatic rings. The average Bonchev–Trinajstić information content (AvgIpc) is 2.98. The summed E-state index contributed by atoms with van der Waals surface area (Å²) in [5.41, 5.74) is 1.84. The van der Waals surface area contributed by atoms with Gasteiger partial charge in [-0.3, -0.25) is 14.5 Å². The summed E-state index contributed by atoms with van der Waals surface area (Å²) in [6, 6.07) is 17.9. The number of carbonyl (C=O) groups excluding carboxylic acids is 2. The second-order valence-electron chi connectivity index (χ2n) is 6.65. The number of ether oxygens (including phenoxy) is 1. The molecule has 0 atom stereocenters. The van der Waals surface area contributed by atoms with Gasteiger partial charge in [-0.05, 0) is 104 Å². The number of amides is 2. The molecule has 0 N–H and O–H groups in total. The summed E-state index contributed by atoms with van der Waals surface area (Å²) < 4.78 is 7.63. The molecular formula is C23H17I2NO3S. The zero-order chi connectivity index (χ0) is 21.3. The molecule has 3 aromatic rings. The fourth-order valence-corrected chi connectivity index (χ4v) is 6.30. The van der Waals surface area contributed by atoms with Gasteiger partial charge in [-0.25, -0.2) is 0 Å². The number of nitrogens with zero attached hydrogens (tertiary/aromatic N) is 1. The van der Waals surface area contributed by atoms with Crippen LogP contribution in [0.5, 0.6) is 5.75 Å². The van der Waals surface area contributed by atoms with E-state index in [1.807, 2.05) is 61.5 Å². The first-order valence-electron chi connectivity index (χ1n) is 9.31. The normalized spacial score (nSPS) is 15.4. The zero-order valence-electron chi connectivity index (χ0n) is 16.0. The smallest absolute Gasteiger partial charge is 0.293 e. The molecule has 0 bridgehead atoms. The SMILES string of the molecule is CCOc1c(I)cc(/C=C2\SC(=O)N(Cc3cccc4ccccc34)C2=O)cc1I. The van der Waals surface area contributed by atoms with Crippen LogP contribution >= 0.6 is 56.9 Å². The van der Waals surface area contributed by atoms with Gasteiger partial charge in [0.1, 0.15) is 5.75 Å². The highest BCUT2D eigenvalue weighted by atomic mass is 127. The summed E-state index contributed by atoms with van der Waals surface area (Å²) in [7, 11) is 0. The Kier molecular flexibility index (Phi) is 6.69. The van der Waals surface area contributed by atoms with Crippen LogP contribution in [0, 0.1) is 7.14 Å². The van der Waals surface area contributed by atoms with E-state index in [1.54, 1.807) is 6.08 Å². The van der Waals surface area contributed by atoms with Gasteiger partial charge in [0.2, 0.25) is 0 Å². The lowest BCUT2D eigenvalue weighted by Gasteiger charge is -2.14. The molecule has 152 valence electrons. The summed E-state index contributed by atoms with van der Waals surface area (Å²) in [5, 5.41) is 1.91. The summed E-state index contributed by atoms with van der Waals surface area (Å²) >= 11 is 5.45. The van der Waals surface area contributed by atoms with Gasteiger partial charge in [-0.15, -0.1) is 0 Å². The number of hydrogen-bond donors (Lipinski definition) is 0. The number of benzene rings is 3. The lowest BCUT2D eigenvalue weighted by Crippen LogP contribution is -2.27. The van der Waals surface area contributed by atoms with Gasteiger partial charge >= 0.3 is 0 Å². The molecule has 1 fully saturated rings. The van der Waals surface area contributed by atoms with Crippen molar-refractivity contribution in [3.05, 3.63) is 77.8 Å². The van der Waals surface area contributed by atoms with Crippen LogP contribution in [0.15, 0.2) is 59.5 Å². The Morgan fingerprint density at radius 3 is 2.47 bits per heavy atom. The molecule has 30 heavy (non-hydrogen) atoms. The fraction of sp³-hybridized carbons (Fsp3) is 0.130. The third-order valence-electron chi connectivity index (χ3n) is 4.69. The average molecular weight is 641 g/mol. The molecule has 0 unspecified atom stereocenters. The molecule has 0 radical (unpaired) electrons. The van der Waals surface area contributed by atoms with E-state index in [-0.39, 0.29) is 17.7 Å². The van der Waals surface area contributed by atoms with E-state index in [0.717, 1.165) is 46.6 Å². The molecule has 4 nitrogen and oxygen atoms in total. The minimum Gasteiger partial charge on any atom is -0.492 e. The Morgan fingerprint density at radius 1 is 1.03 bits per heavy atom. The number of carbonyl (C=O) groups is 2. The van der Waals surface area contributed by atoms with Crippen LogP contribution in [-0.4, -0.2) is 22.7 Å². The molecule has 7 heteroatoms. The van der Waals surface area contributed by atoms with Crippen molar-refractivity contribution in [2.45, 2.75) is 13.5 Å². The molecule has 2 amide bonds. The minimum absolute atomic E-state index is 0.241. The zero-order valence-corrected chi connectivity index (χ0v) is 21.2. The third kappa shape index (κ3) is 4.38.